The molecule has 0 aromatic heterocycles. The van der Waals surface area contributed by atoms with Crippen LogP contribution < -0.4 is 0 Å². The van der Waals surface area contributed by atoms with E-state index < -0.39 is 87.3 Å². The summed E-state index contributed by atoms with van der Waals surface area (Å²) in [6.07, 6.45) is -3.87. The number of Topliss-reactive ketones (excluding diaryl/α,β-unsaturated/α-hetero) is 1. The molecule has 3 bridgehead atoms. The molecule has 4 N–H and O–H groups in total. The average molecular weight is 682 g/mol. The highest BCUT2D eigenvalue weighted by atomic mass is 79.9. The Morgan fingerprint density at radius 2 is 1.73 bits per heavy atom. The van der Waals surface area contributed by atoms with E-state index in [0.717, 1.165) is 0 Å². The molecule has 238 valence electrons. The first-order chi connectivity index (χ1) is 21.3. The third kappa shape index (κ3) is 3.59. The molecule has 2 aliphatic heterocycles. The third-order valence-corrected chi connectivity index (χ3v) is 12.7. The van der Waals surface area contributed by atoms with E-state index in [4.69, 9.17) is 14.2 Å². The summed E-state index contributed by atoms with van der Waals surface area (Å²) in [7, 11) is 0. The SMILES string of the molecule is C=C(C)[C@@]12OC3(c4ccccc4)C[C@@]4([C@H]([C@H]1O3)[C@H](O)[C@](Br)(CO)[C@@H](O)[C@]1(O)C(=O)C(C)=C[C@H]14)[C@H](C)[C@H]2OC(=O)c1ccccc1. The maximum absolute atomic E-state index is 13.9. The highest BCUT2D eigenvalue weighted by Crippen LogP contribution is 2.76. The standard InChI is InChI=1S/C35H37BrO9/c1-18(2)35-27(43-29(40)21-11-7-5-8-12-21)20(4)31-16-33(45-35,22-13-9-6-10-14-22)44-28(35)24(31)26(39)32(36,17-37)30(41)34(42)23(31)15-19(3)25(34)38/h5-15,20,23-24,26-28,30,37,39,41-42H,1,16-17H2,2-4H3/t20-,23+,24+,26+,27-,28-,30-,31-,32-,33?,34-,35+/m1/s1. The van der Waals surface area contributed by atoms with E-state index in [-0.39, 0.29) is 12.0 Å². The number of halogens is 1. The number of hydrogen-bond acceptors (Lipinski definition) is 9. The molecule has 4 fully saturated rings. The van der Waals surface area contributed by atoms with Crippen molar-refractivity contribution < 1.29 is 44.2 Å². The van der Waals surface area contributed by atoms with Crippen molar-refractivity contribution >= 4 is 27.7 Å². The van der Waals surface area contributed by atoms with E-state index in [1.165, 1.54) is 0 Å². The molecular formula is C35H37BrO9. The van der Waals surface area contributed by atoms with Crippen molar-refractivity contribution in [1.29, 1.82) is 0 Å². The largest absolute Gasteiger partial charge is 0.455 e. The Labute approximate surface area is 269 Å². The highest BCUT2D eigenvalue weighted by Gasteiger charge is 2.85. The number of carbonyl (C=O) groups is 2. The van der Waals surface area contributed by atoms with Crippen LogP contribution in [0.3, 0.4) is 0 Å². The number of rotatable bonds is 5. The first kappa shape index (κ1) is 30.9. The monoisotopic (exact) mass is 680 g/mol. The molecule has 45 heavy (non-hydrogen) atoms. The summed E-state index contributed by atoms with van der Waals surface area (Å²) in [5, 5.41) is 47.5. The van der Waals surface area contributed by atoms with E-state index in [1.54, 1.807) is 50.3 Å². The van der Waals surface area contributed by atoms with Crippen LogP contribution in [0.1, 0.15) is 43.1 Å². The molecule has 2 saturated carbocycles. The van der Waals surface area contributed by atoms with Crippen LogP contribution in [0.5, 0.6) is 0 Å². The minimum absolute atomic E-state index is 0.0308. The van der Waals surface area contributed by atoms with E-state index in [0.29, 0.717) is 16.7 Å². The summed E-state index contributed by atoms with van der Waals surface area (Å²) in [4.78, 5) is 27.7. The summed E-state index contributed by atoms with van der Waals surface area (Å²) in [6.45, 7) is 8.71. The average Bonchev–Trinajstić information content (AvgIpc) is 3.43. The van der Waals surface area contributed by atoms with Gasteiger partial charge >= 0.3 is 5.97 Å². The van der Waals surface area contributed by atoms with E-state index >= 15 is 0 Å². The van der Waals surface area contributed by atoms with Crippen LogP contribution in [0.4, 0.5) is 0 Å². The number of alkyl halides is 1. The summed E-state index contributed by atoms with van der Waals surface area (Å²) in [6, 6.07) is 17.8. The van der Waals surface area contributed by atoms with Crippen molar-refractivity contribution in [2.75, 3.05) is 6.61 Å². The Morgan fingerprint density at radius 3 is 2.33 bits per heavy atom. The van der Waals surface area contributed by atoms with Crippen LogP contribution in [0, 0.1) is 23.2 Å². The van der Waals surface area contributed by atoms with Gasteiger partial charge in [-0.2, -0.15) is 0 Å². The van der Waals surface area contributed by atoms with E-state index in [2.05, 4.69) is 22.5 Å². The number of ketones is 1. The van der Waals surface area contributed by atoms with Crippen LogP contribution in [0.2, 0.25) is 0 Å². The number of hydrogen-bond donors (Lipinski definition) is 4. The fourth-order valence-electron chi connectivity index (χ4n) is 9.48. The summed E-state index contributed by atoms with van der Waals surface area (Å²) >= 11 is 3.42. The fourth-order valence-corrected chi connectivity index (χ4v) is 10.1. The van der Waals surface area contributed by atoms with Gasteiger partial charge in [0.1, 0.15) is 22.6 Å². The lowest BCUT2D eigenvalue weighted by atomic mass is 9.45. The van der Waals surface area contributed by atoms with Gasteiger partial charge in [-0.1, -0.05) is 84.0 Å². The molecule has 2 heterocycles. The number of carbonyl (C=O) groups excluding carboxylic acids is 2. The van der Waals surface area contributed by atoms with Gasteiger partial charge in [0, 0.05) is 29.7 Å². The molecule has 0 spiro atoms. The summed E-state index contributed by atoms with van der Waals surface area (Å²) < 4.78 is 18.5. The van der Waals surface area contributed by atoms with Crippen LogP contribution in [0.15, 0.2) is 84.5 Å². The van der Waals surface area contributed by atoms with Crippen LogP contribution in [0.25, 0.3) is 0 Å². The van der Waals surface area contributed by atoms with Gasteiger partial charge in [0.25, 0.3) is 0 Å². The van der Waals surface area contributed by atoms with Crippen molar-refractivity contribution in [2.45, 2.75) is 72.9 Å². The van der Waals surface area contributed by atoms with Crippen molar-refractivity contribution in [3.63, 3.8) is 0 Å². The quantitative estimate of drug-likeness (QED) is 0.213. The first-order valence-electron chi connectivity index (χ1n) is 15.2. The Kier molecular flexibility index (Phi) is 6.81. The molecular weight excluding hydrogens is 644 g/mol. The molecule has 0 radical (unpaired) electrons. The lowest BCUT2D eigenvalue weighted by molar-refractivity contribution is -0.280. The maximum atomic E-state index is 13.9. The minimum Gasteiger partial charge on any atom is -0.455 e. The molecule has 0 amide bonds. The van der Waals surface area contributed by atoms with Crippen molar-refractivity contribution in [3.8, 4) is 0 Å². The summed E-state index contributed by atoms with van der Waals surface area (Å²) in [5.41, 5.74) is -3.49. The molecule has 12 atom stereocenters. The van der Waals surface area contributed by atoms with Crippen LogP contribution in [-0.2, 0) is 24.8 Å². The predicted molar refractivity (Wildman–Crippen MR) is 165 cm³/mol. The van der Waals surface area contributed by atoms with Gasteiger partial charge < -0.3 is 34.6 Å². The molecule has 5 aliphatic rings. The highest BCUT2D eigenvalue weighted by molar-refractivity contribution is 9.10. The Hall–Kier alpha value is -2.70. The van der Waals surface area contributed by atoms with Gasteiger partial charge in [0.15, 0.2) is 22.8 Å². The molecule has 10 heteroatoms. The molecule has 1 unspecified atom stereocenters. The van der Waals surface area contributed by atoms with E-state index in [9.17, 15) is 30.0 Å². The van der Waals surface area contributed by atoms with Crippen LogP contribution in [-0.4, -0.2) is 78.7 Å². The van der Waals surface area contributed by atoms with Gasteiger partial charge in [0.2, 0.25) is 0 Å². The summed E-state index contributed by atoms with van der Waals surface area (Å²) in [5.74, 6) is -5.47. The zero-order valence-corrected chi connectivity index (χ0v) is 26.8. The molecule has 3 aliphatic carbocycles. The molecule has 2 saturated heterocycles. The fraction of sp³-hybridized carbons (Fsp3) is 0.486. The Balaban J connectivity index is 1.54. The van der Waals surface area contributed by atoms with Crippen molar-refractivity contribution in [3.05, 3.63) is 95.6 Å². The van der Waals surface area contributed by atoms with Crippen LogP contribution >= 0.6 is 15.9 Å². The van der Waals surface area contributed by atoms with Gasteiger partial charge in [-0.25, -0.2) is 4.79 Å². The van der Waals surface area contributed by atoms with Gasteiger partial charge in [-0.15, -0.1) is 0 Å². The number of aliphatic hydroxyl groups excluding tert-OH is 3. The zero-order chi connectivity index (χ0) is 32.3. The maximum Gasteiger partial charge on any atom is 0.338 e. The smallest absolute Gasteiger partial charge is 0.338 e. The molecule has 2 aromatic carbocycles. The van der Waals surface area contributed by atoms with Gasteiger partial charge in [0.05, 0.1) is 18.3 Å². The minimum atomic E-state index is -2.44. The topological polar surface area (TPSA) is 143 Å². The predicted octanol–water partition coefficient (Wildman–Crippen LogP) is 3.19. The lowest BCUT2D eigenvalue weighted by Crippen LogP contribution is -2.73. The molecule has 9 nitrogen and oxygen atoms in total. The van der Waals surface area contributed by atoms with Gasteiger partial charge in [-0.05, 0) is 42.5 Å². The lowest BCUT2D eigenvalue weighted by Gasteiger charge is -2.63. The van der Waals surface area contributed by atoms with Crippen molar-refractivity contribution in [2.24, 2.45) is 23.2 Å². The first-order valence-corrected chi connectivity index (χ1v) is 16.0. The van der Waals surface area contributed by atoms with Crippen molar-refractivity contribution in [1.82, 2.24) is 0 Å². The number of aliphatic hydroxyl groups is 4. The Bertz CT molecular complexity index is 1610. The number of fused-ring (bicyclic) bond motifs is 2. The second-order valence-electron chi connectivity index (χ2n) is 13.5. The van der Waals surface area contributed by atoms with E-state index in [1.807, 2.05) is 37.3 Å². The number of benzene rings is 2. The number of esters is 1. The van der Waals surface area contributed by atoms with Gasteiger partial charge in [-0.3, -0.25) is 4.79 Å². The molecule has 7 rings (SSSR count). The Morgan fingerprint density at radius 1 is 1.11 bits per heavy atom. The number of ether oxygens (including phenoxy) is 3. The third-order valence-electron chi connectivity index (χ3n) is 11.5. The molecule has 2 aromatic rings. The second kappa shape index (κ2) is 9.90. The normalized spacial score (nSPS) is 46.2. The second-order valence-corrected chi connectivity index (χ2v) is 15.0. The zero-order valence-electron chi connectivity index (χ0n) is 25.2.